The number of nitrogens with zero attached hydrogens (tertiary/aromatic N) is 1. The Morgan fingerprint density at radius 3 is 2.56 bits per heavy atom. The second-order valence-corrected chi connectivity index (χ2v) is 5.48. The van der Waals surface area contributed by atoms with Crippen LogP contribution in [0.1, 0.15) is 0 Å². The molecular weight excluding hydrogens is 260 g/mol. The lowest BCUT2D eigenvalue weighted by Gasteiger charge is -2.16. The highest BCUT2D eigenvalue weighted by molar-refractivity contribution is 7.89. The van der Waals surface area contributed by atoms with E-state index < -0.39 is 26.6 Å². The first-order valence-electron chi connectivity index (χ1n) is 4.37. The second-order valence-electron chi connectivity index (χ2n) is 3.09. The van der Waals surface area contributed by atoms with Crippen LogP contribution in [0.15, 0.2) is 23.1 Å². The summed E-state index contributed by atoms with van der Waals surface area (Å²) in [4.78, 5) is -0.680. The first-order valence-corrected chi connectivity index (χ1v) is 6.34. The molecule has 0 spiro atoms. The lowest BCUT2D eigenvalue weighted by atomic mass is 10.3. The molecule has 0 N–H and O–H groups in total. The van der Waals surface area contributed by atoms with Crippen LogP contribution < -0.4 is 0 Å². The summed E-state index contributed by atoms with van der Waals surface area (Å²) in [6.45, 7) is 0.0276. The largest absolute Gasteiger partial charge is 0.245 e. The zero-order chi connectivity index (χ0) is 12.3. The van der Waals surface area contributed by atoms with E-state index in [0.29, 0.717) is 6.07 Å². The molecule has 0 aliphatic heterocycles. The van der Waals surface area contributed by atoms with Gasteiger partial charge in [0.05, 0.1) is 0 Å². The molecule has 0 aliphatic rings. The van der Waals surface area contributed by atoms with Gasteiger partial charge in [-0.25, -0.2) is 17.2 Å². The van der Waals surface area contributed by atoms with Crippen molar-refractivity contribution >= 4 is 21.6 Å². The van der Waals surface area contributed by atoms with E-state index in [0.717, 1.165) is 16.4 Å². The van der Waals surface area contributed by atoms with Crippen LogP contribution in [-0.4, -0.2) is 32.2 Å². The summed E-state index contributed by atoms with van der Waals surface area (Å²) in [5.74, 6) is -1.71. The van der Waals surface area contributed by atoms with Gasteiger partial charge in [-0.15, -0.1) is 11.6 Å². The molecule has 1 aromatic carbocycles. The molecule has 1 aromatic rings. The van der Waals surface area contributed by atoms with Crippen LogP contribution in [0.25, 0.3) is 0 Å². The van der Waals surface area contributed by atoms with Gasteiger partial charge in [-0.2, -0.15) is 4.31 Å². The fraction of sp³-hybridized carbons (Fsp3) is 0.333. The maximum Gasteiger partial charge on any atom is 0.245 e. The Hall–Kier alpha value is -0.720. The fourth-order valence-electron chi connectivity index (χ4n) is 1.08. The van der Waals surface area contributed by atoms with Gasteiger partial charge < -0.3 is 0 Å². The molecule has 0 unspecified atom stereocenters. The van der Waals surface area contributed by atoms with Crippen LogP contribution in [0.3, 0.4) is 0 Å². The molecule has 1 rings (SSSR count). The van der Waals surface area contributed by atoms with Gasteiger partial charge in [0.1, 0.15) is 16.5 Å². The molecule has 90 valence electrons. The molecule has 0 radical (unpaired) electrons. The molecular formula is C9H10ClF2NO2S. The van der Waals surface area contributed by atoms with Crippen LogP contribution in [-0.2, 0) is 10.0 Å². The van der Waals surface area contributed by atoms with E-state index >= 15 is 0 Å². The molecule has 0 heterocycles. The quantitative estimate of drug-likeness (QED) is 0.782. The highest BCUT2D eigenvalue weighted by Gasteiger charge is 2.24. The van der Waals surface area contributed by atoms with Crippen LogP contribution >= 0.6 is 11.6 Å². The fourth-order valence-corrected chi connectivity index (χ4v) is 2.68. The van der Waals surface area contributed by atoms with Gasteiger partial charge in [0.15, 0.2) is 0 Å². The Morgan fingerprint density at radius 1 is 1.38 bits per heavy atom. The molecule has 7 heteroatoms. The highest BCUT2D eigenvalue weighted by Crippen LogP contribution is 2.19. The Kier molecular flexibility index (Phi) is 4.23. The minimum absolute atomic E-state index is 0.0276. The average molecular weight is 270 g/mol. The van der Waals surface area contributed by atoms with Crippen molar-refractivity contribution in [1.29, 1.82) is 0 Å². The third kappa shape index (κ3) is 2.69. The summed E-state index contributed by atoms with van der Waals surface area (Å²) in [6.07, 6.45) is 0. The maximum atomic E-state index is 13.3. The van der Waals surface area contributed by atoms with Crippen LogP contribution in [0.4, 0.5) is 8.78 Å². The standard InChI is InChI=1S/C9H10ClF2NO2S/c1-13(5-4-10)16(14,15)9-6-7(11)2-3-8(9)12/h2-3,6H,4-5H2,1H3. The number of benzene rings is 1. The van der Waals surface area contributed by atoms with E-state index in [4.69, 9.17) is 11.6 Å². The third-order valence-corrected chi connectivity index (χ3v) is 4.02. The van der Waals surface area contributed by atoms with Crippen LogP contribution in [0.5, 0.6) is 0 Å². The Balaban J connectivity index is 3.21. The lowest BCUT2D eigenvalue weighted by molar-refractivity contribution is 0.476. The first-order chi connectivity index (χ1) is 7.39. The van der Waals surface area contributed by atoms with Crippen molar-refractivity contribution in [2.24, 2.45) is 0 Å². The van der Waals surface area contributed by atoms with Crippen molar-refractivity contribution in [3.05, 3.63) is 29.8 Å². The summed E-state index contributed by atoms with van der Waals surface area (Å²) in [7, 11) is -2.77. The normalized spacial score (nSPS) is 12.1. The minimum atomic E-state index is -4.02. The second kappa shape index (κ2) is 5.07. The van der Waals surface area contributed by atoms with Gasteiger partial charge in [0.25, 0.3) is 0 Å². The van der Waals surface area contributed by atoms with Crippen molar-refractivity contribution in [2.75, 3.05) is 19.5 Å². The smallest absolute Gasteiger partial charge is 0.207 e. The topological polar surface area (TPSA) is 37.4 Å². The number of sulfonamides is 1. The molecule has 0 amide bonds. The summed E-state index contributed by atoms with van der Waals surface area (Å²) in [6, 6.07) is 2.28. The summed E-state index contributed by atoms with van der Waals surface area (Å²) in [5, 5.41) is 0. The molecule has 0 atom stereocenters. The summed E-state index contributed by atoms with van der Waals surface area (Å²) in [5.41, 5.74) is 0. The number of halogens is 3. The number of hydrogen-bond donors (Lipinski definition) is 0. The van der Waals surface area contributed by atoms with Crippen LogP contribution in [0, 0.1) is 11.6 Å². The summed E-state index contributed by atoms with van der Waals surface area (Å²) >= 11 is 5.39. The van der Waals surface area contributed by atoms with E-state index in [1.807, 2.05) is 0 Å². The first kappa shape index (κ1) is 13.3. The molecule has 0 fully saturated rings. The van der Waals surface area contributed by atoms with Gasteiger partial charge in [-0.1, -0.05) is 0 Å². The van der Waals surface area contributed by atoms with E-state index in [2.05, 4.69) is 0 Å². The number of hydrogen-bond acceptors (Lipinski definition) is 2. The Labute approximate surface area is 97.7 Å². The van der Waals surface area contributed by atoms with Gasteiger partial charge in [-0.05, 0) is 18.2 Å². The monoisotopic (exact) mass is 269 g/mol. The SMILES string of the molecule is CN(CCCl)S(=O)(=O)c1cc(F)ccc1F. The minimum Gasteiger partial charge on any atom is -0.207 e. The Bertz CT molecular complexity index is 478. The number of alkyl halides is 1. The predicted octanol–water partition coefficient (Wildman–Crippen LogP) is 1.82. The molecule has 0 aromatic heterocycles. The van der Waals surface area contributed by atoms with E-state index in [1.165, 1.54) is 7.05 Å². The predicted molar refractivity (Wildman–Crippen MR) is 56.9 cm³/mol. The van der Waals surface area contributed by atoms with Gasteiger partial charge in [0, 0.05) is 19.5 Å². The molecule has 16 heavy (non-hydrogen) atoms. The van der Waals surface area contributed by atoms with Crippen molar-refractivity contribution in [3.8, 4) is 0 Å². The van der Waals surface area contributed by atoms with Crippen molar-refractivity contribution in [2.45, 2.75) is 4.90 Å². The van der Waals surface area contributed by atoms with Crippen molar-refractivity contribution in [1.82, 2.24) is 4.31 Å². The van der Waals surface area contributed by atoms with E-state index in [-0.39, 0.29) is 12.4 Å². The molecule has 3 nitrogen and oxygen atoms in total. The average Bonchev–Trinajstić information content (AvgIpc) is 2.22. The van der Waals surface area contributed by atoms with Crippen molar-refractivity contribution in [3.63, 3.8) is 0 Å². The molecule has 0 bridgehead atoms. The van der Waals surface area contributed by atoms with E-state index in [1.54, 1.807) is 0 Å². The molecule has 0 aliphatic carbocycles. The highest BCUT2D eigenvalue weighted by atomic mass is 35.5. The molecule has 0 saturated heterocycles. The van der Waals surface area contributed by atoms with Crippen molar-refractivity contribution < 1.29 is 17.2 Å². The Morgan fingerprint density at radius 2 is 2.00 bits per heavy atom. The summed E-state index contributed by atoms with van der Waals surface area (Å²) < 4.78 is 50.5. The molecule has 0 saturated carbocycles. The zero-order valence-corrected chi connectivity index (χ0v) is 10.0. The van der Waals surface area contributed by atoms with E-state index in [9.17, 15) is 17.2 Å². The van der Waals surface area contributed by atoms with Gasteiger partial charge in [0.2, 0.25) is 10.0 Å². The number of rotatable bonds is 4. The third-order valence-electron chi connectivity index (χ3n) is 1.98. The maximum absolute atomic E-state index is 13.3. The van der Waals surface area contributed by atoms with Gasteiger partial charge in [-0.3, -0.25) is 0 Å². The zero-order valence-electron chi connectivity index (χ0n) is 8.45. The lowest BCUT2D eigenvalue weighted by Crippen LogP contribution is -2.29. The van der Waals surface area contributed by atoms with Gasteiger partial charge >= 0.3 is 0 Å². The van der Waals surface area contributed by atoms with Crippen LogP contribution in [0.2, 0.25) is 0 Å².